The second-order valence-corrected chi connectivity index (χ2v) is 4.74. The van der Waals surface area contributed by atoms with Crippen LogP contribution in [0.3, 0.4) is 0 Å². The first-order valence-electron chi connectivity index (χ1n) is 6.46. The molecule has 102 valence electrons. The van der Waals surface area contributed by atoms with Crippen LogP contribution in [0.4, 0.5) is 0 Å². The van der Waals surface area contributed by atoms with Crippen molar-refractivity contribution in [2.45, 2.75) is 19.3 Å². The number of ketones is 1. The quantitative estimate of drug-likeness (QED) is 0.845. The molecule has 2 rings (SSSR count). The molecule has 1 unspecified atom stereocenters. The Kier molecular flexibility index (Phi) is 4.31. The lowest BCUT2D eigenvalue weighted by Gasteiger charge is -2.15. The Bertz CT molecular complexity index is 617. The summed E-state index contributed by atoms with van der Waals surface area (Å²) in [6, 6.07) is 16.3. The van der Waals surface area contributed by atoms with Gasteiger partial charge in [0.1, 0.15) is 0 Å². The zero-order valence-corrected chi connectivity index (χ0v) is 11.2. The summed E-state index contributed by atoms with van der Waals surface area (Å²) in [6.07, 6.45) is -0.197. The second-order valence-electron chi connectivity index (χ2n) is 4.74. The van der Waals surface area contributed by atoms with Crippen molar-refractivity contribution in [2.24, 2.45) is 0 Å². The summed E-state index contributed by atoms with van der Waals surface area (Å²) in [5, 5.41) is 9.06. The average Bonchev–Trinajstić information content (AvgIpc) is 2.45. The summed E-state index contributed by atoms with van der Waals surface area (Å²) in [4.78, 5) is 23.7. The van der Waals surface area contributed by atoms with Crippen molar-refractivity contribution in [3.05, 3.63) is 71.3 Å². The number of carboxylic acid groups (broad SMARTS) is 1. The van der Waals surface area contributed by atoms with E-state index in [-0.39, 0.29) is 12.2 Å². The number of aryl methyl sites for hydroxylation is 1. The fourth-order valence-corrected chi connectivity index (χ4v) is 2.26. The van der Waals surface area contributed by atoms with Gasteiger partial charge < -0.3 is 5.11 Å². The van der Waals surface area contributed by atoms with E-state index in [4.69, 9.17) is 5.11 Å². The van der Waals surface area contributed by atoms with Gasteiger partial charge >= 0.3 is 5.97 Å². The molecule has 0 spiro atoms. The van der Waals surface area contributed by atoms with E-state index < -0.39 is 11.9 Å². The molecule has 0 saturated carbocycles. The third-order valence-corrected chi connectivity index (χ3v) is 3.31. The molecule has 3 heteroatoms. The van der Waals surface area contributed by atoms with E-state index >= 15 is 0 Å². The number of aliphatic carboxylic acids is 1. The molecule has 0 radical (unpaired) electrons. The lowest BCUT2D eigenvalue weighted by Crippen LogP contribution is -2.17. The topological polar surface area (TPSA) is 54.4 Å². The van der Waals surface area contributed by atoms with Crippen LogP contribution in [-0.2, 0) is 4.79 Å². The predicted molar refractivity (Wildman–Crippen MR) is 76.9 cm³/mol. The van der Waals surface area contributed by atoms with Gasteiger partial charge in [0.2, 0.25) is 0 Å². The van der Waals surface area contributed by atoms with Gasteiger partial charge in [-0.15, -0.1) is 0 Å². The molecule has 20 heavy (non-hydrogen) atoms. The number of carboxylic acids is 1. The Labute approximate surface area is 117 Å². The molecule has 0 bridgehead atoms. The van der Waals surface area contributed by atoms with Crippen LogP contribution in [0.2, 0.25) is 0 Å². The van der Waals surface area contributed by atoms with Gasteiger partial charge in [-0.25, -0.2) is 0 Å². The molecule has 2 aromatic rings. The van der Waals surface area contributed by atoms with Crippen LogP contribution < -0.4 is 0 Å². The van der Waals surface area contributed by atoms with Crippen molar-refractivity contribution in [3.63, 3.8) is 0 Å². The Morgan fingerprint density at radius 3 is 2.20 bits per heavy atom. The molecule has 0 aliphatic rings. The highest BCUT2D eigenvalue weighted by molar-refractivity contribution is 6.03. The molecular weight excluding hydrogens is 252 g/mol. The minimum atomic E-state index is -0.971. The monoisotopic (exact) mass is 268 g/mol. The van der Waals surface area contributed by atoms with Crippen LogP contribution in [0, 0.1) is 6.92 Å². The van der Waals surface area contributed by atoms with Gasteiger partial charge in [0.25, 0.3) is 0 Å². The molecule has 0 heterocycles. The zero-order valence-electron chi connectivity index (χ0n) is 11.2. The molecule has 0 fully saturated rings. The van der Waals surface area contributed by atoms with Gasteiger partial charge in [0.15, 0.2) is 5.78 Å². The molecule has 3 nitrogen and oxygen atoms in total. The summed E-state index contributed by atoms with van der Waals surface area (Å²) in [6.45, 7) is 1.86. The second kappa shape index (κ2) is 6.15. The molecule has 1 N–H and O–H groups in total. The van der Waals surface area contributed by atoms with E-state index in [1.54, 1.807) is 24.3 Å². The molecule has 0 aliphatic heterocycles. The third kappa shape index (κ3) is 3.12. The van der Waals surface area contributed by atoms with Gasteiger partial charge in [-0.2, -0.15) is 0 Å². The Hall–Kier alpha value is -2.42. The Morgan fingerprint density at radius 1 is 1.00 bits per heavy atom. The smallest absolute Gasteiger partial charge is 0.304 e. The highest BCUT2D eigenvalue weighted by Gasteiger charge is 2.25. The van der Waals surface area contributed by atoms with Crippen LogP contribution in [0.15, 0.2) is 54.6 Å². The minimum absolute atomic E-state index is 0.142. The number of hydrogen-bond donors (Lipinski definition) is 1. The highest BCUT2D eigenvalue weighted by Crippen LogP contribution is 2.25. The van der Waals surface area contributed by atoms with Crippen molar-refractivity contribution in [2.75, 3.05) is 0 Å². The Balaban J connectivity index is 2.40. The lowest BCUT2D eigenvalue weighted by atomic mass is 9.86. The normalized spacial score (nSPS) is 11.8. The summed E-state index contributed by atoms with van der Waals surface area (Å²) in [5.74, 6) is -1.76. The average molecular weight is 268 g/mol. The van der Waals surface area contributed by atoms with Crippen molar-refractivity contribution >= 4 is 11.8 Å². The first-order chi connectivity index (χ1) is 9.59. The number of rotatable bonds is 5. The fourth-order valence-electron chi connectivity index (χ4n) is 2.26. The predicted octanol–water partition coefficient (Wildman–Crippen LogP) is 3.44. The first-order valence-corrected chi connectivity index (χ1v) is 6.46. The molecular formula is C17H16O3. The summed E-state index contributed by atoms with van der Waals surface area (Å²) < 4.78 is 0. The maximum absolute atomic E-state index is 12.6. The minimum Gasteiger partial charge on any atom is -0.481 e. The van der Waals surface area contributed by atoms with Crippen molar-refractivity contribution in [3.8, 4) is 0 Å². The van der Waals surface area contributed by atoms with Crippen molar-refractivity contribution < 1.29 is 14.7 Å². The van der Waals surface area contributed by atoms with Crippen molar-refractivity contribution in [1.82, 2.24) is 0 Å². The number of benzene rings is 2. The van der Waals surface area contributed by atoms with Crippen molar-refractivity contribution in [1.29, 1.82) is 0 Å². The summed E-state index contributed by atoms with van der Waals surface area (Å²) in [5.41, 5.74) is 2.19. The maximum atomic E-state index is 12.6. The zero-order chi connectivity index (χ0) is 14.5. The van der Waals surface area contributed by atoms with Crippen LogP contribution in [0.5, 0.6) is 0 Å². The largest absolute Gasteiger partial charge is 0.481 e. The number of hydrogen-bond acceptors (Lipinski definition) is 2. The van der Waals surface area contributed by atoms with E-state index in [1.807, 2.05) is 37.3 Å². The van der Waals surface area contributed by atoms with E-state index in [0.717, 1.165) is 11.1 Å². The van der Waals surface area contributed by atoms with E-state index in [0.29, 0.717) is 5.56 Å². The van der Waals surface area contributed by atoms with Gasteiger partial charge in [-0.3, -0.25) is 9.59 Å². The van der Waals surface area contributed by atoms with E-state index in [9.17, 15) is 9.59 Å². The van der Waals surface area contributed by atoms with E-state index in [1.165, 1.54) is 0 Å². The Morgan fingerprint density at radius 2 is 1.60 bits per heavy atom. The summed E-state index contributed by atoms with van der Waals surface area (Å²) in [7, 11) is 0. The summed E-state index contributed by atoms with van der Waals surface area (Å²) >= 11 is 0. The number of carbonyl (C=O) groups is 2. The van der Waals surface area contributed by atoms with Gasteiger partial charge in [-0.05, 0) is 18.1 Å². The van der Waals surface area contributed by atoms with Crippen LogP contribution in [0.1, 0.15) is 33.8 Å². The molecule has 2 aromatic carbocycles. The lowest BCUT2D eigenvalue weighted by molar-refractivity contribution is -0.137. The van der Waals surface area contributed by atoms with Crippen LogP contribution in [0.25, 0.3) is 0 Å². The first kappa shape index (κ1) is 14.0. The van der Waals surface area contributed by atoms with Crippen LogP contribution in [-0.4, -0.2) is 16.9 Å². The number of carbonyl (C=O) groups excluding carboxylic acids is 1. The molecule has 0 amide bonds. The van der Waals surface area contributed by atoms with Gasteiger partial charge in [0, 0.05) is 5.56 Å². The maximum Gasteiger partial charge on any atom is 0.304 e. The number of Topliss-reactive ketones (excluding diaryl/α,β-unsaturated/α-hetero) is 1. The van der Waals surface area contributed by atoms with Gasteiger partial charge in [0.05, 0.1) is 12.3 Å². The van der Waals surface area contributed by atoms with Gasteiger partial charge in [-0.1, -0.05) is 54.6 Å². The highest BCUT2D eigenvalue weighted by atomic mass is 16.4. The standard InChI is InChI=1S/C17H16O3/c1-12-7-5-6-10-14(12)17(20)15(11-16(18)19)13-8-3-2-4-9-13/h2-10,15H,11H2,1H3,(H,18,19). The third-order valence-electron chi connectivity index (χ3n) is 3.31. The van der Waals surface area contributed by atoms with E-state index in [2.05, 4.69) is 0 Å². The fraction of sp³-hybridized carbons (Fsp3) is 0.176. The molecule has 1 atom stereocenters. The van der Waals surface area contributed by atoms with Crippen LogP contribution >= 0.6 is 0 Å². The molecule has 0 saturated heterocycles. The SMILES string of the molecule is Cc1ccccc1C(=O)C(CC(=O)O)c1ccccc1. The molecule has 0 aliphatic carbocycles. The molecule has 0 aromatic heterocycles.